The molecule has 0 amide bonds. The highest BCUT2D eigenvalue weighted by Crippen LogP contribution is 2.39. The molecule has 3 nitrogen and oxygen atoms in total. The van der Waals surface area contributed by atoms with Crippen LogP contribution >= 0.6 is 0 Å². The van der Waals surface area contributed by atoms with Gasteiger partial charge >= 0.3 is 0 Å². The van der Waals surface area contributed by atoms with E-state index in [0.717, 1.165) is 55.3 Å². The van der Waals surface area contributed by atoms with Gasteiger partial charge in [-0.15, -0.1) is 0 Å². The summed E-state index contributed by atoms with van der Waals surface area (Å²) in [6, 6.07) is 48.3. The van der Waals surface area contributed by atoms with Gasteiger partial charge in [0.15, 0.2) is 0 Å². The fraction of sp³-hybridized carbons (Fsp3) is 0. The summed E-state index contributed by atoms with van der Waals surface area (Å²) in [5, 5.41) is 14.6. The Labute approximate surface area is 230 Å². The molecule has 0 saturated heterocycles. The molecule has 0 aliphatic rings. The van der Waals surface area contributed by atoms with Crippen molar-refractivity contribution in [1.29, 1.82) is 5.26 Å². The number of nitriles is 1. The molecule has 0 radical (unpaired) electrons. The van der Waals surface area contributed by atoms with Crippen LogP contribution in [0.4, 0.5) is 0 Å². The summed E-state index contributed by atoms with van der Waals surface area (Å²) < 4.78 is 8.73. The van der Waals surface area contributed by atoms with Gasteiger partial charge in [0.1, 0.15) is 11.2 Å². The van der Waals surface area contributed by atoms with E-state index >= 15 is 0 Å². The number of furan rings is 1. The van der Waals surface area contributed by atoms with Crippen LogP contribution in [-0.4, -0.2) is 4.57 Å². The van der Waals surface area contributed by atoms with E-state index in [1.807, 2.05) is 18.2 Å². The lowest BCUT2D eigenvalue weighted by atomic mass is 9.98. The van der Waals surface area contributed by atoms with Gasteiger partial charge in [0, 0.05) is 32.8 Å². The second-order valence-electron chi connectivity index (χ2n) is 10.1. The maximum Gasteiger partial charge on any atom is 0.143 e. The predicted octanol–water partition coefficient (Wildman–Crippen LogP) is 9.89. The van der Waals surface area contributed by atoms with Gasteiger partial charge in [-0.1, -0.05) is 91.0 Å². The van der Waals surface area contributed by atoms with Gasteiger partial charge in [-0.05, 0) is 59.2 Å². The smallest absolute Gasteiger partial charge is 0.143 e. The summed E-state index contributed by atoms with van der Waals surface area (Å²) in [4.78, 5) is 0. The first-order chi connectivity index (χ1) is 19.8. The molecule has 8 rings (SSSR count). The maximum atomic E-state index is 10.0. The third kappa shape index (κ3) is 3.37. The van der Waals surface area contributed by atoms with Crippen LogP contribution in [-0.2, 0) is 0 Å². The topological polar surface area (TPSA) is 41.9 Å². The summed E-state index contributed by atoms with van der Waals surface area (Å²) >= 11 is 0. The minimum absolute atomic E-state index is 0.605. The van der Waals surface area contributed by atoms with Crippen molar-refractivity contribution < 1.29 is 4.42 Å². The second kappa shape index (κ2) is 8.73. The van der Waals surface area contributed by atoms with Gasteiger partial charge < -0.3 is 8.98 Å². The number of aromatic nitrogens is 1. The van der Waals surface area contributed by atoms with Crippen molar-refractivity contribution in [3.63, 3.8) is 0 Å². The van der Waals surface area contributed by atoms with Crippen LogP contribution in [0.3, 0.4) is 0 Å². The zero-order valence-electron chi connectivity index (χ0n) is 21.5. The van der Waals surface area contributed by atoms with Crippen LogP contribution in [0.25, 0.3) is 71.7 Å². The highest BCUT2D eigenvalue weighted by atomic mass is 16.3. The van der Waals surface area contributed by atoms with Crippen LogP contribution in [0.5, 0.6) is 0 Å². The average Bonchev–Trinajstić information content (AvgIpc) is 3.57. The van der Waals surface area contributed by atoms with Crippen LogP contribution in [0.2, 0.25) is 0 Å². The lowest BCUT2D eigenvalue weighted by molar-refractivity contribution is 0.670. The molecule has 8 aromatic rings. The Hall–Kier alpha value is -5.59. The number of fused-ring (bicyclic) bond motifs is 6. The fourth-order valence-electron chi connectivity index (χ4n) is 6.00. The van der Waals surface area contributed by atoms with Gasteiger partial charge in [0.05, 0.1) is 22.7 Å². The van der Waals surface area contributed by atoms with Gasteiger partial charge in [-0.25, -0.2) is 0 Å². The number of nitrogens with zero attached hydrogens (tertiary/aromatic N) is 2. The van der Waals surface area contributed by atoms with E-state index in [2.05, 4.69) is 126 Å². The number of para-hydroxylation sites is 3. The first kappa shape index (κ1) is 22.4. The average molecular weight is 511 g/mol. The van der Waals surface area contributed by atoms with Crippen molar-refractivity contribution in [3.05, 3.63) is 139 Å². The van der Waals surface area contributed by atoms with Crippen molar-refractivity contribution in [2.75, 3.05) is 0 Å². The fourth-order valence-corrected chi connectivity index (χ4v) is 6.00. The van der Waals surface area contributed by atoms with E-state index in [0.29, 0.717) is 5.56 Å². The number of hydrogen-bond donors (Lipinski definition) is 0. The molecule has 0 N–H and O–H groups in total. The monoisotopic (exact) mass is 510 g/mol. The van der Waals surface area contributed by atoms with E-state index in [9.17, 15) is 5.26 Å². The Morgan fingerprint density at radius 1 is 0.525 bits per heavy atom. The Bertz CT molecular complexity index is 2230. The Kier molecular flexibility index (Phi) is 4.89. The van der Waals surface area contributed by atoms with E-state index in [-0.39, 0.29) is 0 Å². The van der Waals surface area contributed by atoms with Crippen LogP contribution in [0, 0.1) is 11.3 Å². The standard InChI is InChI=1S/C37H22N2O/c38-23-24-19-27(21-28(20-24)39-34-15-6-4-11-30(34)31-12-5-7-16-35(31)39)29-13-8-14-32-33-22-26(25-9-2-1-3-10-25)17-18-36(33)40-37(29)32/h1-22H. The predicted molar refractivity (Wildman–Crippen MR) is 164 cm³/mol. The molecule has 0 aliphatic heterocycles. The molecule has 0 fully saturated rings. The molecule has 6 aromatic carbocycles. The summed E-state index contributed by atoms with van der Waals surface area (Å²) in [5.41, 5.74) is 9.69. The molecule has 0 atom stereocenters. The van der Waals surface area contributed by atoms with Crippen molar-refractivity contribution in [3.8, 4) is 34.0 Å². The molecule has 40 heavy (non-hydrogen) atoms. The second-order valence-corrected chi connectivity index (χ2v) is 10.1. The molecular formula is C37H22N2O. The minimum atomic E-state index is 0.605. The number of hydrogen-bond acceptors (Lipinski definition) is 2. The van der Waals surface area contributed by atoms with Crippen LogP contribution in [0.15, 0.2) is 138 Å². The zero-order valence-corrected chi connectivity index (χ0v) is 21.5. The molecular weight excluding hydrogens is 488 g/mol. The van der Waals surface area contributed by atoms with Gasteiger partial charge in [0.25, 0.3) is 0 Å². The lowest BCUT2D eigenvalue weighted by Gasteiger charge is -2.11. The van der Waals surface area contributed by atoms with Crippen molar-refractivity contribution in [2.45, 2.75) is 0 Å². The largest absolute Gasteiger partial charge is 0.455 e. The first-order valence-corrected chi connectivity index (χ1v) is 13.3. The highest BCUT2D eigenvalue weighted by molar-refractivity contribution is 6.11. The summed E-state index contributed by atoms with van der Waals surface area (Å²) in [5.74, 6) is 0. The van der Waals surface area contributed by atoms with E-state index in [1.54, 1.807) is 0 Å². The molecule has 0 saturated carbocycles. The Balaban J connectivity index is 1.37. The SMILES string of the molecule is N#Cc1cc(-c2cccc3c2oc2ccc(-c4ccccc4)cc23)cc(-n2c3ccccc3c3ccccc32)c1. The van der Waals surface area contributed by atoms with E-state index in [4.69, 9.17) is 4.42 Å². The van der Waals surface area contributed by atoms with Gasteiger partial charge in [-0.3, -0.25) is 0 Å². The highest BCUT2D eigenvalue weighted by Gasteiger charge is 2.17. The maximum absolute atomic E-state index is 10.0. The van der Waals surface area contributed by atoms with E-state index in [1.165, 1.54) is 16.3 Å². The van der Waals surface area contributed by atoms with Crippen molar-refractivity contribution in [1.82, 2.24) is 4.57 Å². The van der Waals surface area contributed by atoms with Gasteiger partial charge in [-0.2, -0.15) is 5.26 Å². The molecule has 2 aromatic heterocycles. The van der Waals surface area contributed by atoms with E-state index < -0.39 is 0 Å². The van der Waals surface area contributed by atoms with Crippen molar-refractivity contribution >= 4 is 43.7 Å². The molecule has 0 aliphatic carbocycles. The number of rotatable bonds is 3. The summed E-state index contributed by atoms with van der Waals surface area (Å²) in [6.07, 6.45) is 0. The van der Waals surface area contributed by atoms with Gasteiger partial charge in [0.2, 0.25) is 0 Å². The third-order valence-corrected chi connectivity index (χ3v) is 7.80. The normalized spacial score (nSPS) is 11.5. The molecule has 186 valence electrons. The molecule has 3 heteroatoms. The summed E-state index contributed by atoms with van der Waals surface area (Å²) in [7, 11) is 0. The molecule has 0 bridgehead atoms. The number of benzene rings is 6. The molecule has 0 unspecified atom stereocenters. The molecule has 2 heterocycles. The minimum Gasteiger partial charge on any atom is -0.455 e. The Morgan fingerprint density at radius 2 is 1.23 bits per heavy atom. The van der Waals surface area contributed by atoms with Crippen LogP contribution < -0.4 is 0 Å². The van der Waals surface area contributed by atoms with Crippen LogP contribution in [0.1, 0.15) is 5.56 Å². The van der Waals surface area contributed by atoms with Crippen molar-refractivity contribution in [2.24, 2.45) is 0 Å². The lowest BCUT2D eigenvalue weighted by Crippen LogP contribution is -1.96. The Morgan fingerprint density at radius 3 is 1.98 bits per heavy atom. The first-order valence-electron chi connectivity index (χ1n) is 13.3. The summed E-state index contributed by atoms with van der Waals surface area (Å²) in [6.45, 7) is 0. The zero-order chi connectivity index (χ0) is 26.6. The quantitative estimate of drug-likeness (QED) is 0.237. The third-order valence-electron chi connectivity index (χ3n) is 7.80. The molecule has 0 spiro atoms.